The van der Waals surface area contributed by atoms with Crippen LogP contribution >= 0.6 is 0 Å². The summed E-state index contributed by atoms with van der Waals surface area (Å²) in [5, 5.41) is 4.31. The van der Waals surface area contributed by atoms with E-state index < -0.39 is 5.82 Å². The molecule has 0 aliphatic rings. The van der Waals surface area contributed by atoms with E-state index in [4.69, 9.17) is 6.11 Å². The average molecular weight is 345 g/mol. The Hall–Kier alpha value is -3.40. The van der Waals surface area contributed by atoms with Gasteiger partial charge in [-0.2, -0.15) is 0 Å². The number of rotatable bonds is 4. The van der Waals surface area contributed by atoms with Gasteiger partial charge in [0.05, 0.1) is 6.89 Å². The highest BCUT2D eigenvalue weighted by atomic mass is 19.1. The van der Waals surface area contributed by atoms with Crippen LogP contribution in [0.15, 0.2) is 78.8 Å². The van der Waals surface area contributed by atoms with Crippen molar-refractivity contribution in [2.45, 2.75) is 6.92 Å². The molecule has 4 heteroatoms. The third kappa shape index (κ3) is 3.35. The topological polar surface area (TPSA) is 34.1 Å². The molecule has 0 radical (unpaired) electrons. The number of fused-ring (bicyclic) bond motifs is 1. The van der Waals surface area contributed by atoms with Crippen molar-refractivity contribution < 1.29 is 10.5 Å². The smallest absolute Gasteiger partial charge is 0.165 e. The van der Waals surface area contributed by atoms with E-state index >= 15 is 0 Å². The molecular formula is C22H17FN2O. The van der Waals surface area contributed by atoms with Gasteiger partial charge in [-0.25, -0.2) is 9.37 Å². The molecule has 1 N–H and O–H groups in total. The summed E-state index contributed by atoms with van der Waals surface area (Å²) in [4.78, 5) is 4.59. The highest BCUT2D eigenvalue weighted by molar-refractivity contribution is 5.80. The number of para-hydroxylation sites is 2. The first-order valence-corrected chi connectivity index (χ1v) is 8.27. The fraction of sp³-hybridized carbons (Fsp3) is 0.0455. The summed E-state index contributed by atoms with van der Waals surface area (Å²) in [6.07, 6.45) is 0. The van der Waals surface area contributed by atoms with Crippen LogP contribution in [0, 0.1) is 12.7 Å². The zero-order valence-electron chi connectivity index (χ0n) is 15.2. The van der Waals surface area contributed by atoms with Gasteiger partial charge in [0, 0.05) is 11.1 Å². The Kier molecular flexibility index (Phi) is 3.92. The first kappa shape index (κ1) is 14.9. The largest absolute Gasteiger partial charge is 0.454 e. The summed E-state index contributed by atoms with van der Waals surface area (Å²) in [6.45, 7) is 1.82. The Morgan fingerprint density at radius 2 is 1.77 bits per heavy atom. The molecule has 0 amide bonds. The van der Waals surface area contributed by atoms with E-state index in [-0.39, 0.29) is 11.8 Å². The van der Waals surface area contributed by atoms with Gasteiger partial charge < -0.3 is 10.1 Å². The summed E-state index contributed by atoms with van der Waals surface area (Å²) in [6, 6.07) is 21.6. The molecule has 4 aromatic rings. The number of hydrogen-bond donors (Lipinski definition) is 1. The van der Waals surface area contributed by atoms with Gasteiger partial charge in [0.25, 0.3) is 0 Å². The molecule has 3 nitrogen and oxygen atoms in total. The summed E-state index contributed by atoms with van der Waals surface area (Å²) in [5.74, 6) is 0.632. The van der Waals surface area contributed by atoms with Crippen molar-refractivity contribution in [3.05, 3.63) is 90.2 Å². The molecule has 0 atom stereocenters. The molecule has 0 aliphatic heterocycles. The number of anilines is 2. The van der Waals surface area contributed by atoms with Crippen molar-refractivity contribution in [1.29, 1.82) is 0 Å². The zero-order valence-corrected chi connectivity index (χ0v) is 14.2. The lowest BCUT2D eigenvalue weighted by atomic mass is 10.2. The molecule has 0 fully saturated rings. The number of pyridine rings is 1. The minimum Gasteiger partial charge on any atom is -0.454 e. The van der Waals surface area contributed by atoms with Crippen LogP contribution in [-0.4, -0.2) is 4.98 Å². The van der Waals surface area contributed by atoms with Gasteiger partial charge in [0.15, 0.2) is 11.6 Å². The van der Waals surface area contributed by atoms with Gasteiger partial charge in [0.2, 0.25) is 0 Å². The highest BCUT2D eigenvalue weighted by Crippen LogP contribution is 2.29. The highest BCUT2D eigenvalue weighted by Gasteiger charge is 2.07. The minimum absolute atomic E-state index is 0.0994. The van der Waals surface area contributed by atoms with Crippen molar-refractivity contribution in [3.8, 4) is 11.5 Å². The van der Waals surface area contributed by atoms with Gasteiger partial charge in [-0.05, 0) is 61.0 Å². The second-order valence-electron chi connectivity index (χ2n) is 5.91. The normalized spacial score (nSPS) is 11.2. The fourth-order valence-electron chi connectivity index (χ4n) is 2.69. The first-order chi connectivity index (χ1) is 13.1. The number of aromatic nitrogens is 1. The Labute approximate surface area is 152 Å². The van der Waals surface area contributed by atoms with E-state index in [1.54, 1.807) is 24.3 Å². The second kappa shape index (κ2) is 6.84. The number of benzene rings is 3. The van der Waals surface area contributed by atoms with E-state index in [1.165, 1.54) is 12.1 Å². The van der Waals surface area contributed by atoms with Gasteiger partial charge in [-0.1, -0.05) is 30.3 Å². The van der Waals surface area contributed by atoms with Crippen LogP contribution in [0.2, 0.25) is 0 Å². The SMILES string of the molecule is [2H]c1c(Oc2ccccc2F)ccc(Nc2ccc3ccccc3n2)c1C. The maximum absolute atomic E-state index is 13.8. The summed E-state index contributed by atoms with van der Waals surface area (Å²) in [7, 11) is 0. The maximum Gasteiger partial charge on any atom is 0.165 e. The van der Waals surface area contributed by atoms with E-state index in [9.17, 15) is 4.39 Å². The molecule has 0 bridgehead atoms. The van der Waals surface area contributed by atoms with Crippen LogP contribution in [0.5, 0.6) is 11.5 Å². The molecule has 4 rings (SSSR count). The van der Waals surface area contributed by atoms with E-state index in [2.05, 4.69) is 10.3 Å². The first-order valence-electron chi connectivity index (χ1n) is 8.77. The minimum atomic E-state index is -0.461. The van der Waals surface area contributed by atoms with Gasteiger partial charge in [-0.3, -0.25) is 0 Å². The molecular weight excluding hydrogens is 327 g/mol. The Balaban J connectivity index is 1.62. The maximum atomic E-state index is 13.8. The van der Waals surface area contributed by atoms with E-state index in [0.717, 1.165) is 16.6 Å². The van der Waals surface area contributed by atoms with Crippen LogP contribution in [0.3, 0.4) is 0 Å². The Morgan fingerprint density at radius 1 is 0.962 bits per heavy atom. The molecule has 0 spiro atoms. The summed E-state index contributed by atoms with van der Waals surface area (Å²) in [5.41, 5.74) is 2.34. The van der Waals surface area contributed by atoms with Crippen molar-refractivity contribution in [1.82, 2.24) is 4.98 Å². The van der Waals surface area contributed by atoms with E-state index in [1.807, 2.05) is 43.3 Å². The van der Waals surface area contributed by atoms with Crippen molar-refractivity contribution in [3.63, 3.8) is 0 Å². The van der Waals surface area contributed by atoms with Crippen LogP contribution in [0.4, 0.5) is 15.9 Å². The predicted octanol–water partition coefficient (Wildman–Crippen LogP) is 6.22. The Bertz CT molecular complexity index is 1130. The molecule has 0 unspecified atom stereocenters. The van der Waals surface area contributed by atoms with Gasteiger partial charge in [0.1, 0.15) is 11.6 Å². The molecule has 128 valence electrons. The Morgan fingerprint density at radius 3 is 2.65 bits per heavy atom. The van der Waals surface area contributed by atoms with Gasteiger partial charge >= 0.3 is 0 Å². The number of nitrogens with one attached hydrogen (secondary N) is 1. The molecule has 1 aromatic heterocycles. The number of nitrogens with zero attached hydrogens (tertiary/aromatic N) is 1. The van der Waals surface area contributed by atoms with Crippen molar-refractivity contribution in [2.24, 2.45) is 0 Å². The van der Waals surface area contributed by atoms with Crippen molar-refractivity contribution >= 4 is 22.4 Å². The van der Waals surface area contributed by atoms with Crippen LogP contribution in [0.25, 0.3) is 10.9 Å². The average Bonchev–Trinajstić information content (AvgIpc) is 2.69. The lowest BCUT2D eigenvalue weighted by Crippen LogP contribution is -1.96. The van der Waals surface area contributed by atoms with Crippen LogP contribution in [0.1, 0.15) is 6.93 Å². The summed E-state index contributed by atoms with van der Waals surface area (Å²) < 4.78 is 27.7. The second-order valence-corrected chi connectivity index (χ2v) is 5.91. The third-order valence-electron chi connectivity index (χ3n) is 4.03. The standard InChI is InChI=1S/C22H17FN2O/c1-15-14-17(26-21-9-5-3-7-18(21)23)11-12-19(15)24-22-13-10-16-6-2-4-8-20(16)25-22/h2-14H,1H3,(H,24,25)/i14D. The van der Waals surface area contributed by atoms with E-state index in [0.29, 0.717) is 17.1 Å². The number of ether oxygens (including phenoxy) is 1. The molecule has 0 saturated heterocycles. The van der Waals surface area contributed by atoms with Crippen LogP contribution < -0.4 is 10.1 Å². The fourth-order valence-corrected chi connectivity index (χ4v) is 2.69. The number of halogens is 1. The monoisotopic (exact) mass is 345 g/mol. The molecule has 26 heavy (non-hydrogen) atoms. The molecule has 0 aliphatic carbocycles. The third-order valence-corrected chi connectivity index (χ3v) is 4.03. The zero-order chi connectivity index (χ0) is 18.8. The lowest BCUT2D eigenvalue weighted by Gasteiger charge is -2.12. The quantitative estimate of drug-likeness (QED) is 0.477. The molecule has 1 heterocycles. The van der Waals surface area contributed by atoms with Crippen LogP contribution in [-0.2, 0) is 0 Å². The molecule has 0 saturated carbocycles. The number of hydrogen-bond acceptors (Lipinski definition) is 3. The summed E-state index contributed by atoms with van der Waals surface area (Å²) >= 11 is 0. The predicted molar refractivity (Wildman–Crippen MR) is 103 cm³/mol. The molecule has 3 aromatic carbocycles. The van der Waals surface area contributed by atoms with Gasteiger partial charge in [-0.15, -0.1) is 0 Å². The van der Waals surface area contributed by atoms with Crippen molar-refractivity contribution in [2.75, 3.05) is 5.32 Å². The lowest BCUT2D eigenvalue weighted by molar-refractivity contribution is 0.442.